The molecule has 0 radical (unpaired) electrons. The molecule has 200 valence electrons. The predicted molar refractivity (Wildman–Crippen MR) is 149 cm³/mol. The van der Waals surface area contributed by atoms with E-state index in [9.17, 15) is 9.59 Å². The number of amides is 2. The molecule has 3 aliphatic heterocycles. The second-order valence-electron chi connectivity index (χ2n) is 11.5. The molecule has 3 saturated heterocycles. The molecular formula is C31H39N5O2. The van der Waals surface area contributed by atoms with E-state index in [0.29, 0.717) is 31.2 Å². The number of aryl methyl sites for hydroxylation is 1. The third-order valence-electron chi connectivity index (χ3n) is 9.20. The molecule has 1 unspecified atom stereocenters. The zero-order valence-electron chi connectivity index (χ0n) is 22.6. The van der Waals surface area contributed by atoms with Crippen LogP contribution in [-0.4, -0.2) is 62.9 Å². The fourth-order valence-electron chi connectivity index (χ4n) is 7.28. The highest BCUT2D eigenvalue weighted by molar-refractivity contribution is 5.81. The molecule has 0 aliphatic carbocycles. The lowest BCUT2D eigenvalue weighted by Crippen LogP contribution is -2.45. The summed E-state index contributed by atoms with van der Waals surface area (Å²) in [7, 11) is 0. The zero-order chi connectivity index (χ0) is 26.2. The van der Waals surface area contributed by atoms with E-state index in [4.69, 9.17) is 4.98 Å². The van der Waals surface area contributed by atoms with Gasteiger partial charge in [-0.05, 0) is 63.1 Å². The van der Waals surface area contributed by atoms with Gasteiger partial charge in [-0.2, -0.15) is 0 Å². The molecule has 7 heteroatoms. The van der Waals surface area contributed by atoms with Crippen molar-refractivity contribution in [1.29, 1.82) is 0 Å². The summed E-state index contributed by atoms with van der Waals surface area (Å²) in [4.78, 5) is 34.3. The fourth-order valence-corrected chi connectivity index (χ4v) is 7.28. The number of hydrogen-bond donors (Lipinski definition) is 1. The molecule has 1 aromatic heterocycles. The maximum absolute atomic E-state index is 13.2. The molecule has 3 fully saturated rings. The Kier molecular flexibility index (Phi) is 6.95. The number of carbonyl (C=O) groups excluding carboxylic acids is 2. The van der Waals surface area contributed by atoms with E-state index >= 15 is 0 Å². The van der Waals surface area contributed by atoms with Crippen molar-refractivity contribution in [3.8, 4) is 0 Å². The van der Waals surface area contributed by atoms with Gasteiger partial charge in [-0.25, -0.2) is 4.98 Å². The van der Waals surface area contributed by atoms with Gasteiger partial charge in [-0.1, -0.05) is 42.5 Å². The summed E-state index contributed by atoms with van der Waals surface area (Å²) in [6, 6.07) is 20.5. The number of benzene rings is 2. The van der Waals surface area contributed by atoms with Crippen molar-refractivity contribution in [2.45, 2.75) is 76.5 Å². The van der Waals surface area contributed by atoms with Crippen molar-refractivity contribution in [3.63, 3.8) is 0 Å². The lowest BCUT2D eigenvalue weighted by atomic mass is 9.95. The van der Waals surface area contributed by atoms with E-state index in [2.05, 4.69) is 70.2 Å². The number of nitrogens with zero attached hydrogens (tertiary/aromatic N) is 4. The zero-order valence-corrected chi connectivity index (χ0v) is 22.6. The average Bonchev–Trinajstić information content (AvgIpc) is 3.60. The number of nitrogens with one attached hydrogen (secondary N) is 1. The van der Waals surface area contributed by atoms with Crippen LogP contribution in [0.15, 0.2) is 54.6 Å². The summed E-state index contributed by atoms with van der Waals surface area (Å²) in [5, 5.41) is 3.37. The smallest absolute Gasteiger partial charge is 0.225 e. The number of imidazole rings is 1. The summed E-state index contributed by atoms with van der Waals surface area (Å²) in [6.45, 7) is 5.91. The Morgan fingerprint density at radius 2 is 1.68 bits per heavy atom. The van der Waals surface area contributed by atoms with E-state index in [-0.39, 0.29) is 23.8 Å². The van der Waals surface area contributed by atoms with Crippen molar-refractivity contribution >= 4 is 22.8 Å². The molecule has 38 heavy (non-hydrogen) atoms. The molecule has 3 aromatic rings. The first-order valence-corrected chi connectivity index (χ1v) is 14.3. The molecular weight excluding hydrogens is 474 g/mol. The van der Waals surface area contributed by atoms with Crippen LogP contribution in [-0.2, 0) is 9.59 Å². The van der Waals surface area contributed by atoms with Gasteiger partial charge in [-0.3, -0.25) is 14.5 Å². The topological polar surface area (TPSA) is 70.5 Å². The normalized spacial score (nSPS) is 26.1. The van der Waals surface area contributed by atoms with Gasteiger partial charge in [0, 0.05) is 44.7 Å². The molecule has 7 nitrogen and oxygen atoms in total. The minimum atomic E-state index is -0.120. The predicted octanol–water partition coefficient (Wildman–Crippen LogP) is 4.63. The van der Waals surface area contributed by atoms with E-state index in [1.165, 1.54) is 18.4 Å². The average molecular weight is 514 g/mol. The minimum absolute atomic E-state index is 0.0213. The third kappa shape index (κ3) is 4.84. The Morgan fingerprint density at radius 1 is 0.974 bits per heavy atom. The summed E-state index contributed by atoms with van der Waals surface area (Å²) in [5.74, 6) is 1.13. The van der Waals surface area contributed by atoms with Crippen LogP contribution >= 0.6 is 0 Å². The van der Waals surface area contributed by atoms with Gasteiger partial charge in [-0.15, -0.1) is 0 Å². The number of likely N-dealkylation sites (tertiary alicyclic amines) is 1. The first-order chi connectivity index (χ1) is 18.5. The molecule has 4 heterocycles. The van der Waals surface area contributed by atoms with Gasteiger partial charge in [0.2, 0.25) is 11.8 Å². The largest absolute Gasteiger partial charge is 0.349 e. The van der Waals surface area contributed by atoms with Crippen molar-refractivity contribution in [2.75, 3.05) is 19.6 Å². The lowest BCUT2D eigenvalue weighted by Gasteiger charge is -2.40. The Bertz CT molecular complexity index is 1290. The summed E-state index contributed by atoms with van der Waals surface area (Å²) < 4.78 is 2.48. The Balaban J connectivity index is 1.13. The SMILES string of the molecule is CC(=O)N1CCC(C(=O)N[C@@H](CCN2[C@@H]3CC[C@H]2C[C@@H](n2c(C)nc4ccccc42)C3)c2ccccc2)C1. The van der Waals surface area contributed by atoms with Crippen LogP contribution in [0.25, 0.3) is 11.0 Å². The summed E-state index contributed by atoms with van der Waals surface area (Å²) in [6.07, 6.45) is 6.44. The maximum Gasteiger partial charge on any atom is 0.225 e. The number of para-hydroxylation sites is 2. The Morgan fingerprint density at radius 3 is 2.39 bits per heavy atom. The fraction of sp³-hybridized carbons (Fsp3) is 0.516. The Labute approximate surface area is 225 Å². The molecule has 6 rings (SSSR count). The maximum atomic E-state index is 13.2. The second-order valence-corrected chi connectivity index (χ2v) is 11.5. The molecule has 2 aromatic carbocycles. The quantitative estimate of drug-likeness (QED) is 0.500. The van der Waals surface area contributed by atoms with Crippen LogP contribution in [0.3, 0.4) is 0 Å². The Hall–Kier alpha value is -3.19. The second kappa shape index (κ2) is 10.5. The summed E-state index contributed by atoms with van der Waals surface area (Å²) in [5.41, 5.74) is 3.50. The standard InChI is InChI=1S/C31H39N5O2/c1-21-32-29-10-6-7-11-30(29)36(21)27-18-25-12-13-26(19-27)35(25)17-15-28(23-8-4-3-5-9-23)33-31(38)24-14-16-34(20-24)22(2)37/h3-11,24-28H,12-20H2,1-2H3,(H,33,38)/t24?,25-,26+,27+,28-/m0/s1. The van der Waals surface area contributed by atoms with Crippen LogP contribution in [0.4, 0.5) is 0 Å². The highest BCUT2D eigenvalue weighted by Gasteiger charge is 2.42. The number of carbonyl (C=O) groups is 2. The highest BCUT2D eigenvalue weighted by Crippen LogP contribution is 2.42. The molecule has 0 saturated carbocycles. The van der Waals surface area contributed by atoms with Gasteiger partial charge in [0.05, 0.1) is 23.0 Å². The van der Waals surface area contributed by atoms with Gasteiger partial charge >= 0.3 is 0 Å². The van der Waals surface area contributed by atoms with E-state index < -0.39 is 0 Å². The van der Waals surface area contributed by atoms with Gasteiger partial charge in [0.25, 0.3) is 0 Å². The monoisotopic (exact) mass is 513 g/mol. The molecule has 2 bridgehead atoms. The molecule has 1 N–H and O–H groups in total. The van der Waals surface area contributed by atoms with Crippen molar-refractivity contribution in [1.82, 2.24) is 24.7 Å². The van der Waals surface area contributed by atoms with Gasteiger partial charge in [0.1, 0.15) is 5.82 Å². The van der Waals surface area contributed by atoms with Crippen molar-refractivity contribution in [3.05, 3.63) is 66.0 Å². The van der Waals surface area contributed by atoms with Crippen LogP contribution in [0.1, 0.15) is 68.9 Å². The number of aromatic nitrogens is 2. The number of fused-ring (bicyclic) bond motifs is 3. The van der Waals surface area contributed by atoms with Gasteiger partial charge in [0.15, 0.2) is 0 Å². The van der Waals surface area contributed by atoms with Crippen LogP contribution in [0.2, 0.25) is 0 Å². The minimum Gasteiger partial charge on any atom is -0.349 e. The first kappa shape index (κ1) is 25.1. The van der Waals surface area contributed by atoms with Crippen LogP contribution in [0, 0.1) is 12.8 Å². The molecule has 2 amide bonds. The first-order valence-electron chi connectivity index (χ1n) is 14.3. The van der Waals surface area contributed by atoms with Crippen LogP contribution in [0.5, 0.6) is 0 Å². The molecule has 3 aliphatic rings. The number of rotatable bonds is 7. The van der Waals surface area contributed by atoms with E-state index in [1.807, 2.05) is 6.07 Å². The van der Waals surface area contributed by atoms with E-state index in [1.54, 1.807) is 11.8 Å². The van der Waals surface area contributed by atoms with E-state index in [0.717, 1.165) is 49.1 Å². The third-order valence-corrected chi connectivity index (χ3v) is 9.20. The number of piperidine rings is 1. The van der Waals surface area contributed by atoms with Gasteiger partial charge < -0.3 is 14.8 Å². The lowest BCUT2D eigenvalue weighted by molar-refractivity contribution is -0.128. The van der Waals surface area contributed by atoms with Crippen molar-refractivity contribution in [2.24, 2.45) is 5.92 Å². The highest BCUT2D eigenvalue weighted by atomic mass is 16.2. The molecule has 0 spiro atoms. The molecule has 5 atom stereocenters. The number of hydrogen-bond acceptors (Lipinski definition) is 4. The van der Waals surface area contributed by atoms with Crippen LogP contribution < -0.4 is 5.32 Å². The summed E-state index contributed by atoms with van der Waals surface area (Å²) >= 11 is 0. The van der Waals surface area contributed by atoms with Crippen molar-refractivity contribution < 1.29 is 9.59 Å².